The highest BCUT2D eigenvalue weighted by Crippen LogP contribution is 2.00. The quantitative estimate of drug-likeness (QED) is 0.827. The molecule has 1 aromatic heterocycles. The van der Waals surface area contributed by atoms with Crippen molar-refractivity contribution in [3.05, 3.63) is 66.3 Å². The highest BCUT2D eigenvalue weighted by Gasteiger charge is 1.96. The Morgan fingerprint density at radius 2 is 1.89 bits per heavy atom. The van der Waals surface area contributed by atoms with Gasteiger partial charge in [0.05, 0.1) is 0 Å². The number of nitrogens with one attached hydrogen (secondary N) is 1. The standard InChI is InChI=1S/C15H15N3O/c19-15(7-6-13-4-2-1-3-5-13)18-9-8-14-10-16-12-17-11-14/h1-7,10-12H,8-9H2,(H,18,19)/b7-6+. The summed E-state index contributed by atoms with van der Waals surface area (Å²) in [5.74, 6) is -0.0966. The van der Waals surface area contributed by atoms with Crippen molar-refractivity contribution in [3.63, 3.8) is 0 Å². The number of nitrogens with zero attached hydrogens (tertiary/aromatic N) is 2. The minimum Gasteiger partial charge on any atom is -0.352 e. The molecule has 0 saturated heterocycles. The van der Waals surface area contributed by atoms with Crippen molar-refractivity contribution in [2.45, 2.75) is 6.42 Å². The van der Waals surface area contributed by atoms with Gasteiger partial charge in [0.2, 0.25) is 5.91 Å². The van der Waals surface area contributed by atoms with Gasteiger partial charge in [-0.15, -0.1) is 0 Å². The van der Waals surface area contributed by atoms with Gasteiger partial charge in [0.15, 0.2) is 0 Å². The number of aromatic nitrogens is 2. The van der Waals surface area contributed by atoms with Crippen LogP contribution in [-0.2, 0) is 11.2 Å². The molecule has 0 aliphatic carbocycles. The van der Waals surface area contributed by atoms with Gasteiger partial charge in [-0.2, -0.15) is 0 Å². The molecule has 0 spiro atoms. The van der Waals surface area contributed by atoms with Crippen molar-refractivity contribution in [1.82, 2.24) is 15.3 Å². The fourth-order valence-corrected chi connectivity index (χ4v) is 1.58. The fraction of sp³-hybridized carbons (Fsp3) is 0.133. The molecular weight excluding hydrogens is 238 g/mol. The van der Waals surface area contributed by atoms with Gasteiger partial charge in [0.25, 0.3) is 0 Å². The normalized spacial score (nSPS) is 10.5. The van der Waals surface area contributed by atoms with E-state index in [9.17, 15) is 4.79 Å². The third-order valence-corrected chi connectivity index (χ3v) is 2.55. The van der Waals surface area contributed by atoms with Crippen LogP contribution in [0.4, 0.5) is 0 Å². The van der Waals surface area contributed by atoms with Gasteiger partial charge in [-0.3, -0.25) is 4.79 Å². The third kappa shape index (κ3) is 4.71. The van der Waals surface area contributed by atoms with Crippen molar-refractivity contribution < 1.29 is 4.79 Å². The molecule has 96 valence electrons. The Balaban J connectivity index is 1.75. The first-order chi connectivity index (χ1) is 9.34. The molecule has 0 bridgehead atoms. The monoisotopic (exact) mass is 253 g/mol. The zero-order valence-corrected chi connectivity index (χ0v) is 10.5. The van der Waals surface area contributed by atoms with Gasteiger partial charge in [-0.1, -0.05) is 30.3 Å². The Labute approximate surface area is 112 Å². The molecular formula is C15H15N3O. The molecule has 1 N–H and O–H groups in total. The maximum absolute atomic E-state index is 11.6. The second-order valence-corrected chi connectivity index (χ2v) is 4.03. The van der Waals surface area contributed by atoms with Gasteiger partial charge < -0.3 is 5.32 Å². The molecule has 0 unspecified atom stereocenters. The van der Waals surface area contributed by atoms with E-state index >= 15 is 0 Å². The molecule has 0 aliphatic heterocycles. The highest BCUT2D eigenvalue weighted by atomic mass is 16.1. The van der Waals surface area contributed by atoms with E-state index in [1.54, 1.807) is 18.5 Å². The maximum atomic E-state index is 11.6. The highest BCUT2D eigenvalue weighted by molar-refractivity contribution is 5.91. The van der Waals surface area contributed by atoms with E-state index in [4.69, 9.17) is 0 Å². The Hall–Kier alpha value is -2.49. The number of hydrogen-bond acceptors (Lipinski definition) is 3. The molecule has 2 aromatic rings. The van der Waals surface area contributed by atoms with Crippen molar-refractivity contribution in [2.24, 2.45) is 0 Å². The lowest BCUT2D eigenvalue weighted by Gasteiger charge is -2.01. The van der Waals surface area contributed by atoms with Crippen LogP contribution < -0.4 is 5.32 Å². The van der Waals surface area contributed by atoms with E-state index < -0.39 is 0 Å². The van der Waals surface area contributed by atoms with Crippen LogP contribution in [0.5, 0.6) is 0 Å². The zero-order chi connectivity index (χ0) is 13.3. The molecule has 19 heavy (non-hydrogen) atoms. The second kappa shape index (κ2) is 7.06. The molecule has 1 amide bonds. The van der Waals surface area contributed by atoms with Gasteiger partial charge in [-0.05, 0) is 23.6 Å². The maximum Gasteiger partial charge on any atom is 0.244 e. The average Bonchev–Trinajstić information content (AvgIpc) is 2.47. The molecule has 0 radical (unpaired) electrons. The number of carbonyl (C=O) groups is 1. The summed E-state index contributed by atoms with van der Waals surface area (Å²) in [5, 5.41) is 2.82. The minimum absolute atomic E-state index is 0.0966. The number of amides is 1. The molecule has 0 fully saturated rings. The lowest BCUT2D eigenvalue weighted by Crippen LogP contribution is -2.23. The van der Waals surface area contributed by atoms with E-state index in [-0.39, 0.29) is 5.91 Å². The Bertz CT molecular complexity index is 538. The number of rotatable bonds is 5. The van der Waals surface area contributed by atoms with Crippen LogP contribution in [0.3, 0.4) is 0 Å². The summed E-state index contributed by atoms with van der Waals surface area (Å²) in [6.45, 7) is 0.575. The average molecular weight is 253 g/mol. The number of carbonyl (C=O) groups excluding carboxylic acids is 1. The van der Waals surface area contributed by atoms with Crippen LogP contribution in [0.15, 0.2) is 55.1 Å². The Kier molecular flexibility index (Phi) is 4.81. The third-order valence-electron chi connectivity index (χ3n) is 2.55. The first-order valence-corrected chi connectivity index (χ1v) is 6.09. The Morgan fingerprint density at radius 3 is 2.63 bits per heavy atom. The van der Waals surface area contributed by atoms with Crippen molar-refractivity contribution in [3.8, 4) is 0 Å². The summed E-state index contributed by atoms with van der Waals surface area (Å²) in [6, 6.07) is 9.72. The largest absolute Gasteiger partial charge is 0.352 e. The summed E-state index contributed by atoms with van der Waals surface area (Å²) >= 11 is 0. The zero-order valence-electron chi connectivity index (χ0n) is 10.5. The first kappa shape index (κ1) is 13.0. The first-order valence-electron chi connectivity index (χ1n) is 6.09. The van der Waals surface area contributed by atoms with E-state index in [1.165, 1.54) is 12.4 Å². The molecule has 0 saturated carbocycles. The molecule has 0 atom stereocenters. The van der Waals surface area contributed by atoms with Crippen molar-refractivity contribution in [1.29, 1.82) is 0 Å². The molecule has 1 heterocycles. The summed E-state index contributed by atoms with van der Waals surface area (Å²) in [4.78, 5) is 19.4. The summed E-state index contributed by atoms with van der Waals surface area (Å²) in [6.07, 6.45) is 9.05. The topological polar surface area (TPSA) is 54.9 Å². The lowest BCUT2D eigenvalue weighted by molar-refractivity contribution is -0.116. The van der Waals surface area contributed by atoms with Crippen LogP contribution in [-0.4, -0.2) is 22.4 Å². The van der Waals surface area contributed by atoms with E-state index in [0.717, 1.165) is 17.5 Å². The minimum atomic E-state index is -0.0966. The van der Waals surface area contributed by atoms with E-state index in [1.807, 2.05) is 30.3 Å². The predicted octanol–water partition coefficient (Wildman–Crippen LogP) is 1.85. The fourth-order valence-electron chi connectivity index (χ4n) is 1.58. The molecule has 4 nitrogen and oxygen atoms in total. The lowest BCUT2D eigenvalue weighted by atomic mass is 10.2. The molecule has 0 aliphatic rings. The van der Waals surface area contributed by atoms with Crippen LogP contribution in [0.2, 0.25) is 0 Å². The van der Waals surface area contributed by atoms with Gasteiger partial charge in [0, 0.05) is 25.0 Å². The van der Waals surface area contributed by atoms with Gasteiger partial charge in [-0.25, -0.2) is 9.97 Å². The van der Waals surface area contributed by atoms with Crippen molar-refractivity contribution >= 4 is 12.0 Å². The van der Waals surface area contributed by atoms with E-state index in [0.29, 0.717) is 6.54 Å². The van der Waals surface area contributed by atoms with Crippen LogP contribution in [0, 0.1) is 0 Å². The summed E-state index contributed by atoms with van der Waals surface area (Å²) in [7, 11) is 0. The van der Waals surface area contributed by atoms with Crippen molar-refractivity contribution in [2.75, 3.05) is 6.54 Å². The smallest absolute Gasteiger partial charge is 0.244 e. The molecule has 4 heteroatoms. The van der Waals surface area contributed by atoms with Crippen LogP contribution in [0.25, 0.3) is 6.08 Å². The number of benzene rings is 1. The van der Waals surface area contributed by atoms with Crippen LogP contribution >= 0.6 is 0 Å². The van der Waals surface area contributed by atoms with Gasteiger partial charge >= 0.3 is 0 Å². The molecule has 1 aromatic carbocycles. The molecule has 2 rings (SSSR count). The Morgan fingerprint density at radius 1 is 1.16 bits per heavy atom. The number of hydrogen-bond donors (Lipinski definition) is 1. The van der Waals surface area contributed by atoms with Gasteiger partial charge in [0.1, 0.15) is 6.33 Å². The van der Waals surface area contributed by atoms with Crippen LogP contribution in [0.1, 0.15) is 11.1 Å². The predicted molar refractivity (Wildman–Crippen MR) is 74.2 cm³/mol. The van der Waals surface area contributed by atoms with E-state index in [2.05, 4.69) is 15.3 Å². The summed E-state index contributed by atoms with van der Waals surface area (Å²) < 4.78 is 0. The SMILES string of the molecule is O=C(/C=C/c1ccccc1)NCCc1cncnc1. The summed E-state index contributed by atoms with van der Waals surface area (Å²) in [5.41, 5.74) is 2.02. The second-order valence-electron chi connectivity index (χ2n) is 4.03.